The topological polar surface area (TPSA) is 83.3 Å². The van der Waals surface area contributed by atoms with Gasteiger partial charge in [-0.15, -0.1) is 23.1 Å². The van der Waals surface area contributed by atoms with Crippen LogP contribution < -0.4 is 0 Å². The Morgan fingerprint density at radius 3 is 2.89 bits per heavy atom. The van der Waals surface area contributed by atoms with E-state index in [1.807, 2.05) is 0 Å². The van der Waals surface area contributed by atoms with Crippen molar-refractivity contribution in [1.82, 2.24) is 9.97 Å². The second-order valence-corrected chi connectivity index (χ2v) is 5.89. The molecular weight excluding hydrogens is 272 g/mol. The number of carboxylic acids is 1. The monoisotopic (exact) mass is 284 g/mol. The predicted octanol–water partition coefficient (Wildman–Crippen LogP) is 2.17. The van der Waals surface area contributed by atoms with Crippen molar-refractivity contribution >= 4 is 39.3 Å². The number of carboxylic acid groups (broad SMARTS) is 1. The van der Waals surface area contributed by atoms with Gasteiger partial charge in [-0.1, -0.05) is 0 Å². The minimum atomic E-state index is -0.943. The van der Waals surface area contributed by atoms with E-state index in [1.165, 1.54) is 18.1 Å². The van der Waals surface area contributed by atoms with E-state index in [-0.39, 0.29) is 0 Å². The maximum absolute atomic E-state index is 11.1. The summed E-state index contributed by atoms with van der Waals surface area (Å²) in [6, 6.07) is 0. The molecule has 0 saturated heterocycles. The van der Waals surface area contributed by atoms with Crippen LogP contribution in [0.5, 0.6) is 0 Å². The second-order valence-electron chi connectivity index (χ2n) is 3.88. The minimum absolute atomic E-state index is 0.296. The summed E-state index contributed by atoms with van der Waals surface area (Å²) < 4.78 is 0. The largest absolute Gasteiger partial charge is 0.477 e. The summed E-state index contributed by atoms with van der Waals surface area (Å²) in [5.74, 6) is -0.425. The molecule has 0 spiro atoms. The first-order valence-electron chi connectivity index (χ1n) is 5.29. The lowest BCUT2D eigenvalue weighted by atomic mass is 10.2. The highest BCUT2D eigenvalue weighted by Gasteiger charge is 2.18. The maximum Gasteiger partial charge on any atom is 0.346 e. The van der Waals surface area contributed by atoms with Crippen molar-refractivity contribution in [2.45, 2.75) is 25.0 Å². The number of aromatic carboxylic acids is 1. The summed E-state index contributed by atoms with van der Waals surface area (Å²) in [7, 11) is 0. The van der Waals surface area contributed by atoms with E-state index in [2.05, 4.69) is 9.97 Å². The summed E-state index contributed by atoms with van der Waals surface area (Å²) in [4.78, 5) is 20.3. The first-order chi connectivity index (χ1) is 8.50. The molecule has 0 aliphatic carbocycles. The van der Waals surface area contributed by atoms with E-state index in [0.717, 1.165) is 21.7 Å². The molecule has 0 aromatic carbocycles. The molecule has 0 bridgehead atoms. The summed E-state index contributed by atoms with van der Waals surface area (Å²) in [6.45, 7) is 3.46. The van der Waals surface area contributed by atoms with Crippen LogP contribution in [0.2, 0.25) is 0 Å². The van der Waals surface area contributed by atoms with E-state index >= 15 is 0 Å². The number of hydrogen-bond acceptors (Lipinski definition) is 6. The Balaban J connectivity index is 2.51. The van der Waals surface area contributed by atoms with Gasteiger partial charge in [0, 0.05) is 11.1 Å². The predicted molar refractivity (Wildman–Crippen MR) is 71.5 cm³/mol. The smallest absolute Gasteiger partial charge is 0.346 e. The molecule has 1 unspecified atom stereocenters. The van der Waals surface area contributed by atoms with Gasteiger partial charge in [-0.05, 0) is 19.4 Å². The average Bonchev–Trinajstić information content (AvgIpc) is 2.65. The molecule has 1 atom stereocenters. The van der Waals surface area contributed by atoms with Gasteiger partial charge in [0.15, 0.2) is 0 Å². The highest BCUT2D eigenvalue weighted by molar-refractivity contribution is 7.99. The zero-order chi connectivity index (χ0) is 13.3. The highest BCUT2D eigenvalue weighted by Crippen LogP contribution is 2.35. The Morgan fingerprint density at radius 1 is 1.56 bits per heavy atom. The molecule has 2 aromatic rings. The molecule has 7 heteroatoms. The number of carbonyl (C=O) groups is 1. The Labute approximate surface area is 112 Å². The third-order valence-corrected chi connectivity index (χ3v) is 4.77. The lowest BCUT2D eigenvalue weighted by Gasteiger charge is -2.04. The molecule has 2 rings (SSSR count). The van der Waals surface area contributed by atoms with Crippen molar-refractivity contribution in [3.8, 4) is 0 Å². The van der Waals surface area contributed by atoms with Crippen LogP contribution in [0, 0.1) is 6.92 Å². The summed E-state index contributed by atoms with van der Waals surface area (Å²) in [6.07, 6.45) is 0.992. The maximum atomic E-state index is 11.1. The van der Waals surface area contributed by atoms with E-state index in [1.54, 1.807) is 13.8 Å². The Kier molecular flexibility index (Phi) is 3.84. The van der Waals surface area contributed by atoms with Gasteiger partial charge in [0.05, 0.1) is 6.10 Å². The number of thiophene rings is 1. The molecule has 0 saturated carbocycles. The first kappa shape index (κ1) is 13.3. The van der Waals surface area contributed by atoms with Crippen LogP contribution in [0.1, 0.15) is 22.2 Å². The minimum Gasteiger partial charge on any atom is -0.477 e. The zero-order valence-corrected chi connectivity index (χ0v) is 11.5. The Morgan fingerprint density at radius 2 is 2.28 bits per heavy atom. The number of aromatic nitrogens is 2. The van der Waals surface area contributed by atoms with Gasteiger partial charge in [-0.25, -0.2) is 14.8 Å². The van der Waals surface area contributed by atoms with Crippen molar-refractivity contribution in [1.29, 1.82) is 0 Å². The van der Waals surface area contributed by atoms with Crippen molar-refractivity contribution in [2.75, 3.05) is 5.75 Å². The fourth-order valence-corrected chi connectivity index (χ4v) is 3.52. The third kappa shape index (κ3) is 2.47. The van der Waals surface area contributed by atoms with Gasteiger partial charge in [-0.2, -0.15) is 0 Å². The van der Waals surface area contributed by atoms with E-state index in [0.29, 0.717) is 21.0 Å². The molecule has 0 fully saturated rings. The van der Waals surface area contributed by atoms with E-state index < -0.39 is 12.1 Å². The number of rotatable bonds is 4. The molecular formula is C11H12N2O3S2. The molecule has 2 aromatic heterocycles. The van der Waals surface area contributed by atoms with E-state index in [9.17, 15) is 9.90 Å². The number of hydrogen-bond donors (Lipinski definition) is 2. The number of nitrogens with zero attached hydrogens (tertiary/aromatic N) is 2. The van der Waals surface area contributed by atoms with Crippen molar-refractivity contribution in [3.05, 3.63) is 16.8 Å². The summed E-state index contributed by atoms with van der Waals surface area (Å²) >= 11 is 2.56. The molecule has 0 aliphatic rings. The lowest BCUT2D eigenvalue weighted by molar-refractivity contribution is 0.0701. The highest BCUT2D eigenvalue weighted by atomic mass is 32.2. The van der Waals surface area contributed by atoms with Gasteiger partial charge >= 0.3 is 5.97 Å². The van der Waals surface area contributed by atoms with Crippen LogP contribution in [0.15, 0.2) is 11.4 Å². The van der Waals surface area contributed by atoms with Gasteiger partial charge in [-0.3, -0.25) is 0 Å². The van der Waals surface area contributed by atoms with Crippen LogP contribution in [0.4, 0.5) is 0 Å². The van der Waals surface area contributed by atoms with Gasteiger partial charge < -0.3 is 10.2 Å². The molecule has 2 heterocycles. The van der Waals surface area contributed by atoms with Crippen LogP contribution in [0.25, 0.3) is 10.2 Å². The SMILES string of the molecule is Cc1c(C(=O)O)sc2ncnc(SCC(C)O)c12. The molecule has 0 radical (unpaired) electrons. The number of fused-ring (bicyclic) bond motifs is 1. The van der Waals surface area contributed by atoms with Gasteiger partial charge in [0.1, 0.15) is 21.1 Å². The quantitative estimate of drug-likeness (QED) is 0.661. The van der Waals surface area contributed by atoms with Crippen molar-refractivity contribution in [2.24, 2.45) is 0 Å². The lowest BCUT2D eigenvalue weighted by Crippen LogP contribution is -2.03. The van der Waals surface area contributed by atoms with Crippen LogP contribution >= 0.6 is 23.1 Å². The molecule has 18 heavy (non-hydrogen) atoms. The average molecular weight is 284 g/mol. The number of aliphatic hydroxyl groups excluding tert-OH is 1. The van der Waals surface area contributed by atoms with Crippen molar-refractivity contribution < 1.29 is 15.0 Å². The third-order valence-electron chi connectivity index (χ3n) is 2.35. The number of aliphatic hydroxyl groups is 1. The fraction of sp³-hybridized carbons (Fsp3) is 0.364. The van der Waals surface area contributed by atoms with Crippen LogP contribution in [0.3, 0.4) is 0 Å². The fourth-order valence-electron chi connectivity index (χ4n) is 1.55. The van der Waals surface area contributed by atoms with Crippen LogP contribution in [-0.4, -0.2) is 38.0 Å². The Bertz CT molecular complexity index is 595. The van der Waals surface area contributed by atoms with Crippen molar-refractivity contribution in [3.63, 3.8) is 0 Å². The Hall–Kier alpha value is -1.18. The van der Waals surface area contributed by atoms with Crippen LogP contribution in [-0.2, 0) is 0 Å². The van der Waals surface area contributed by atoms with Gasteiger partial charge in [0.2, 0.25) is 0 Å². The molecule has 2 N–H and O–H groups in total. The van der Waals surface area contributed by atoms with E-state index in [4.69, 9.17) is 5.11 Å². The zero-order valence-electron chi connectivity index (χ0n) is 9.88. The standard InChI is InChI=1S/C11H12N2O3S2/c1-5(14)3-17-9-7-6(2)8(11(15)16)18-10(7)13-4-12-9/h4-5,14H,3H2,1-2H3,(H,15,16). The summed E-state index contributed by atoms with van der Waals surface area (Å²) in [5.41, 5.74) is 0.691. The number of thioether (sulfide) groups is 1. The second kappa shape index (κ2) is 5.21. The molecule has 0 aliphatic heterocycles. The first-order valence-corrected chi connectivity index (χ1v) is 7.09. The molecule has 5 nitrogen and oxygen atoms in total. The molecule has 96 valence electrons. The summed E-state index contributed by atoms with van der Waals surface area (Å²) in [5, 5.41) is 19.9. The molecule has 0 amide bonds. The van der Waals surface area contributed by atoms with Gasteiger partial charge in [0.25, 0.3) is 0 Å². The number of aryl methyl sites for hydroxylation is 1. The normalized spacial score (nSPS) is 12.8.